The maximum absolute atomic E-state index is 12.2. The van der Waals surface area contributed by atoms with Gasteiger partial charge in [-0.3, -0.25) is 4.79 Å². The van der Waals surface area contributed by atoms with Gasteiger partial charge in [0, 0.05) is 0 Å². The van der Waals surface area contributed by atoms with E-state index in [2.05, 4.69) is 0 Å². The Hall–Kier alpha value is -2.50. The molecule has 22 heavy (non-hydrogen) atoms. The largest absolute Gasteiger partial charge is 0.488 e. The molecule has 0 saturated carbocycles. The molecule has 116 valence electrons. The zero-order chi connectivity index (χ0) is 16.0. The van der Waals surface area contributed by atoms with E-state index in [0.29, 0.717) is 0 Å². The number of ether oxygens (including phenoxy) is 1. The van der Waals surface area contributed by atoms with E-state index >= 15 is 0 Å². The molecular formula is C16H14F3NO2. The van der Waals surface area contributed by atoms with Crippen LogP contribution in [0.3, 0.4) is 0 Å². The van der Waals surface area contributed by atoms with Crippen LogP contribution in [0.1, 0.15) is 15.9 Å². The SMILES string of the molecule is O=C(NCC(F)(F)F)c1ccccc1OCc1ccccc1. The summed E-state index contributed by atoms with van der Waals surface area (Å²) in [5.74, 6) is -0.577. The molecule has 1 N–H and O–H groups in total. The number of amides is 1. The average Bonchev–Trinajstić information content (AvgIpc) is 2.51. The molecule has 0 bridgehead atoms. The first-order chi connectivity index (χ1) is 10.5. The minimum atomic E-state index is -4.45. The van der Waals surface area contributed by atoms with Crippen molar-refractivity contribution in [1.29, 1.82) is 0 Å². The lowest BCUT2D eigenvalue weighted by Gasteiger charge is -2.12. The third-order valence-electron chi connectivity index (χ3n) is 2.82. The molecule has 0 radical (unpaired) electrons. The first-order valence-corrected chi connectivity index (χ1v) is 6.56. The second kappa shape index (κ2) is 6.98. The Morgan fingerprint density at radius 3 is 2.32 bits per heavy atom. The molecule has 0 aliphatic heterocycles. The maximum atomic E-state index is 12.2. The first-order valence-electron chi connectivity index (χ1n) is 6.56. The molecule has 0 aliphatic rings. The van der Waals surface area contributed by atoms with Gasteiger partial charge in [0.05, 0.1) is 5.56 Å². The number of alkyl halides is 3. The summed E-state index contributed by atoms with van der Waals surface area (Å²) in [4.78, 5) is 11.8. The molecule has 0 fully saturated rings. The van der Waals surface area contributed by atoms with Crippen LogP contribution in [0.5, 0.6) is 5.75 Å². The van der Waals surface area contributed by atoms with Crippen LogP contribution >= 0.6 is 0 Å². The van der Waals surface area contributed by atoms with Crippen molar-refractivity contribution >= 4 is 5.91 Å². The number of carbonyl (C=O) groups is 1. The Bertz CT molecular complexity index is 627. The van der Waals surface area contributed by atoms with Crippen LogP contribution in [0, 0.1) is 0 Å². The van der Waals surface area contributed by atoms with Crippen molar-refractivity contribution in [1.82, 2.24) is 5.32 Å². The highest BCUT2D eigenvalue weighted by atomic mass is 19.4. The van der Waals surface area contributed by atoms with Crippen LogP contribution in [-0.4, -0.2) is 18.6 Å². The first kappa shape index (κ1) is 15.9. The molecule has 3 nitrogen and oxygen atoms in total. The van der Waals surface area contributed by atoms with Crippen molar-refractivity contribution in [2.75, 3.05) is 6.54 Å². The minimum Gasteiger partial charge on any atom is -0.488 e. The average molecular weight is 309 g/mol. The van der Waals surface area contributed by atoms with E-state index in [0.717, 1.165) is 5.56 Å². The second-order valence-electron chi connectivity index (χ2n) is 4.57. The molecular weight excluding hydrogens is 295 g/mol. The van der Waals surface area contributed by atoms with Crippen LogP contribution < -0.4 is 10.1 Å². The van der Waals surface area contributed by atoms with Crippen molar-refractivity contribution in [3.8, 4) is 5.75 Å². The van der Waals surface area contributed by atoms with E-state index in [4.69, 9.17) is 4.74 Å². The van der Waals surface area contributed by atoms with Crippen LogP contribution in [0.4, 0.5) is 13.2 Å². The molecule has 1 amide bonds. The number of benzene rings is 2. The van der Waals surface area contributed by atoms with Crippen LogP contribution in [0.15, 0.2) is 54.6 Å². The van der Waals surface area contributed by atoms with Gasteiger partial charge in [0.1, 0.15) is 18.9 Å². The number of rotatable bonds is 5. The van der Waals surface area contributed by atoms with Crippen molar-refractivity contribution in [3.63, 3.8) is 0 Å². The lowest BCUT2D eigenvalue weighted by molar-refractivity contribution is -0.123. The van der Waals surface area contributed by atoms with Gasteiger partial charge in [-0.25, -0.2) is 0 Å². The summed E-state index contributed by atoms with van der Waals surface area (Å²) in [6.45, 7) is -1.15. The third-order valence-corrected chi connectivity index (χ3v) is 2.82. The molecule has 2 aromatic carbocycles. The fourth-order valence-corrected chi connectivity index (χ4v) is 1.79. The topological polar surface area (TPSA) is 38.3 Å². The van der Waals surface area contributed by atoms with Crippen LogP contribution in [0.25, 0.3) is 0 Å². The van der Waals surface area contributed by atoms with E-state index in [9.17, 15) is 18.0 Å². The van der Waals surface area contributed by atoms with E-state index in [-0.39, 0.29) is 17.9 Å². The molecule has 2 aromatic rings. The molecule has 0 aliphatic carbocycles. The Morgan fingerprint density at radius 2 is 1.64 bits per heavy atom. The zero-order valence-electron chi connectivity index (χ0n) is 11.6. The van der Waals surface area contributed by atoms with Gasteiger partial charge in [-0.1, -0.05) is 42.5 Å². The molecule has 0 spiro atoms. The number of hydrogen-bond acceptors (Lipinski definition) is 2. The van der Waals surface area contributed by atoms with Gasteiger partial charge >= 0.3 is 6.18 Å². The van der Waals surface area contributed by atoms with Crippen molar-refractivity contribution < 1.29 is 22.7 Å². The highest BCUT2D eigenvalue weighted by Crippen LogP contribution is 2.20. The van der Waals surface area contributed by atoms with Crippen LogP contribution in [-0.2, 0) is 6.61 Å². The summed E-state index contributed by atoms with van der Waals surface area (Å²) in [5, 5.41) is 1.83. The molecule has 2 rings (SSSR count). The molecule has 0 saturated heterocycles. The van der Waals surface area contributed by atoms with E-state index in [1.165, 1.54) is 6.07 Å². The van der Waals surface area contributed by atoms with Gasteiger partial charge in [0.25, 0.3) is 5.91 Å². The number of carbonyl (C=O) groups excluding carboxylic acids is 1. The lowest BCUT2D eigenvalue weighted by Crippen LogP contribution is -2.33. The smallest absolute Gasteiger partial charge is 0.405 e. The summed E-state index contributed by atoms with van der Waals surface area (Å²) < 4.78 is 42.0. The zero-order valence-corrected chi connectivity index (χ0v) is 11.6. The highest BCUT2D eigenvalue weighted by molar-refractivity contribution is 5.96. The Labute approximate surface area is 125 Å². The number of halogens is 3. The molecule has 6 heteroatoms. The van der Waals surface area contributed by atoms with E-state index in [1.54, 1.807) is 18.2 Å². The van der Waals surface area contributed by atoms with Crippen molar-refractivity contribution in [2.45, 2.75) is 12.8 Å². The fourth-order valence-electron chi connectivity index (χ4n) is 1.79. The number of hydrogen-bond donors (Lipinski definition) is 1. The highest BCUT2D eigenvalue weighted by Gasteiger charge is 2.28. The number of nitrogens with one attached hydrogen (secondary N) is 1. The normalized spacial score (nSPS) is 11.0. The van der Waals surface area contributed by atoms with Crippen molar-refractivity contribution in [3.05, 3.63) is 65.7 Å². The summed E-state index contributed by atoms with van der Waals surface area (Å²) in [6, 6.07) is 15.5. The summed E-state index contributed by atoms with van der Waals surface area (Å²) in [6.07, 6.45) is -4.45. The molecule has 0 heterocycles. The second-order valence-corrected chi connectivity index (χ2v) is 4.57. The Kier molecular flexibility index (Phi) is 5.04. The van der Waals surface area contributed by atoms with Crippen LogP contribution in [0.2, 0.25) is 0 Å². The van der Waals surface area contributed by atoms with E-state index in [1.807, 2.05) is 35.6 Å². The van der Waals surface area contributed by atoms with Gasteiger partial charge < -0.3 is 10.1 Å². The minimum absolute atomic E-state index is 0.0719. The van der Waals surface area contributed by atoms with E-state index < -0.39 is 18.6 Å². The predicted molar refractivity (Wildman–Crippen MR) is 75.6 cm³/mol. The predicted octanol–water partition coefficient (Wildman–Crippen LogP) is 3.56. The summed E-state index contributed by atoms with van der Waals surface area (Å²) in [5.41, 5.74) is 0.968. The van der Waals surface area contributed by atoms with Gasteiger partial charge in [0.2, 0.25) is 0 Å². The Balaban J connectivity index is 2.05. The van der Waals surface area contributed by atoms with Gasteiger partial charge in [-0.15, -0.1) is 0 Å². The Morgan fingerprint density at radius 1 is 1.00 bits per heavy atom. The maximum Gasteiger partial charge on any atom is 0.405 e. The summed E-state index contributed by atoms with van der Waals surface area (Å²) >= 11 is 0. The summed E-state index contributed by atoms with van der Waals surface area (Å²) in [7, 11) is 0. The quantitative estimate of drug-likeness (QED) is 0.917. The van der Waals surface area contributed by atoms with Gasteiger partial charge in [-0.2, -0.15) is 13.2 Å². The fraction of sp³-hybridized carbons (Fsp3) is 0.188. The standard InChI is InChI=1S/C16H14F3NO2/c17-16(18,19)11-20-15(21)13-8-4-5-9-14(13)22-10-12-6-2-1-3-7-12/h1-9H,10-11H2,(H,20,21). The van der Waals surface area contributed by atoms with Crippen molar-refractivity contribution in [2.24, 2.45) is 0 Å². The third kappa shape index (κ3) is 4.80. The molecule has 0 aromatic heterocycles. The number of para-hydroxylation sites is 1. The lowest BCUT2D eigenvalue weighted by atomic mass is 10.2. The van der Waals surface area contributed by atoms with Gasteiger partial charge in [-0.05, 0) is 17.7 Å². The monoisotopic (exact) mass is 309 g/mol. The molecule has 0 atom stereocenters. The van der Waals surface area contributed by atoms with Gasteiger partial charge in [0.15, 0.2) is 0 Å². The molecule has 0 unspecified atom stereocenters.